The summed E-state index contributed by atoms with van der Waals surface area (Å²) in [5, 5.41) is 0. The summed E-state index contributed by atoms with van der Waals surface area (Å²) in [6, 6.07) is 16.9. The molecule has 2 aromatic carbocycles. The van der Waals surface area contributed by atoms with Crippen molar-refractivity contribution in [2.75, 3.05) is 7.11 Å². The van der Waals surface area contributed by atoms with E-state index in [-0.39, 0.29) is 18.2 Å². The van der Waals surface area contributed by atoms with Crippen LogP contribution in [0.25, 0.3) is 0 Å². The van der Waals surface area contributed by atoms with Crippen molar-refractivity contribution in [3.8, 4) is 5.75 Å². The van der Waals surface area contributed by atoms with Gasteiger partial charge in [-0.25, -0.2) is 0 Å². The highest BCUT2D eigenvalue weighted by atomic mass is 16.5. The molecule has 0 aliphatic carbocycles. The van der Waals surface area contributed by atoms with E-state index >= 15 is 0 Å². The van der Waals surface area contributed by atoms with E-state index in [9.17, 15) is 9.59 Å². The Morgan fingerprint density at radius 2 is 1.86 bits per heavy atom. The first-order valence-corrected chi connectivity index (χ1v) is 7.21. The summed E-state index contributed by atoms with van der Waals surface area (Å²) in [7, 11) is 1.59. The molecule has 0 unspecified atom stereocenters. The number of nitrogens with zero attached hydrogens (tertiary/aromatic N) is 1. The van der Waals surface area contributed by atoms with Gasteiger partial charge in [-0.05, 0) is 23.3 Å². The molecule has 0 spiro atoms. The highest BCUT2D eigenvalue weighted by Crippen LogP contribution is 2.32. The zero-order valence-electron chi connectivity index (χ0n) is 12.4. The normalized spacial score (nSPS) is 17.9. The molecular weight excluding hydrogens is 278 g/mol. The van der Waals surface area contributed by atoms with E-state index in [0.29, 0.717) is 12.3 Å². The van der Waals surface area contributed by atoms with E-state index in [1.807, 2.05) is 54.6 Å². The Bertz CT molecular complexity index is 696. The van der Waals surface area contributed by atoms with Crippen molar-refractivity contribution in [3.63, 3.8) is 0 Å². The molecular formula is C18H17NO3. The van der Waals surface area contributed by atoms with E-state index in [1.165, 1.54) is 4.90 Å². The van der Waals surface area contributed by atoms with E-state index in [4.69, 9.17) is 4.74 Å². The van der Waals surface area contributed by atoms with Crippen molar-refractivity contribution in [2.45, 2.75) is 18.9 Å². The van der Waals surface area contributed by atoms with Crippen LogP contribution in [0.5, 0.6) is 5.75 Å². The molecule has 4 heteroatoms. The van der Waals surface area contributed by atoms with Gasteiger partial charge in [-0.15, -0.1) is 0 Å². The molecule has 4 nitrogen and oxygen atoms in total. The minimum atomic E-state index is -0.411. The summed E-state index contributed by atoms with van der Waals surface area (Å²) >= 11 is 0. The number of hydrogen-bond donors (Lipinski definition) is 0. The molecule has 3 rings (SSSR count). The van der Waals surface area contributed by atoms with Crippen LogP contribution >= 0.6 is 0 Å². The molecule has 22 heavy (non-hydrogen) atoms. The minimum absolute atomic E-state index is 0.123. The summed E-state index contributed by atoms with van der Waals surface area (Å²) in [6.45, 7) is 0.332. The number of amides is 2. The zero-order chi connectivity index (χ0) is 15.5. The van der Waals surface area contributed by atoms with Gasteiger partial charge in [0.25, 0.3) is 0 Å². The molecule has 2 amide bonds. The fourth-order valence-corrected chi connectivity index (χ4v) is 2.73. The lowest BCUT2D eigenvalue weighted by atomic mass is 9.97. The summed E-state index contributed by atoms with van der Waals surface area (Å²) in [4.78, 5) is 26.1. The van der Waals surface area contributed by atoms with Gasteiger partial charge >= 0.3 is 0 Å². The van der Waals surface area contributed by atoms with Crippen LogP contribution in [0.3, 0.4) is 0 Å². The van der Waals surface area contributed by atoms with Crippen LogP contribution < -0.4 is 4.74 Å². The van der Waals surface area contributed by atoms with Gasteiger partial charge in [0, 0.05) is 6.42 Å². The van der Waals surface area contributed by atoms with E-state index in [1.54, 1.807) is 7.11 Å². The smallest absolute Gasteiger partial charge is 0.237 e. The monoisotopic (exact) mass is 295 g/mol. The highest BCUT2D eigenvalue weighted by molar-refractivity contribution is 6.06. The van der Waals surface area contributed by atoms with Crippen LogP contribution in [0.2, 0.25) is 0 Å². The number of imide groups is 1. The Labute approximate surface area is 129 Å². The molecule has 1 saturated heterocycles. The average molecular weight is 295 g/mol. The van der Waals surface area contributed by atoms with Gasteiger partial charge in [0.05, 0.1) is 19.6 Å². The Kier molecular flexibility index (Phi) is 3.92. The van der Waals surface area contributed by atoms with Crippen LogP contribution in [-0.2, 0) is 16.1 Å². The first-order valence-electron chi connectivity index (χ1n) is 7.21. The molecule has 0 bridgehead atoms. The number of rotatable bonds is 4. The lowest BCUT2D eigenvalue weighted by molar-refractivity contribution is -0.139. The Hall–Kier alpha value is -2.62. The van der Waals surface area contributed by atoms with E-state index in [2.05, 4.69) is 0 Å². The summed E-state index contributed by atoms with van der Waals surface area (Å²) < 4.78 is 5.19. The maximum Gasteiger partial charge on any atom is 0.237 e. The molecule has 2 aromatic rings. The lowest BCUT2D eigenvalue weighted by Gasteiger charge is -2.15. The maximum atomic E-state index is 12.6. The molecule has 0 saturated carbocycles. The molecule has 1 aliphatic heterocycles. The number of ether oxygens (including phenoxy) is 1. The van der Waals surface area contributed by atoms with Crippen molar-refractivity contribution in [1.82, 2.24) is 4.90 Å². The first kappa shape index (κ1) is 14.3. The molecule has 112 valence electrons. The molecule has 0 N–H and O–H groups in total. The average Bonchev–Trinajstić information content (AvgIpc) is 2.84. The molecule has 1 heterocycles. The second-order valence-electron chi connectivity index (χ2n) is 5.34. The SMILES string of the molecule is COc1cccc([C@H]2CC(=O)N(Cc3ccccc3)C2=O)c1. The van der Waals surface area contributed by atoms with Crippen molar-refractivity contribution in [2.24, 2.45) is 0 Å². The van der Waals surface area contributed by atoms with Crippen LogP contribution in [0.1, 0.15) is 23.5 Å². The number of likely N-dealkylation sites (tertiary alicyclic amines) is 1. The Morgan fingerprint density at radius 1 is 1.09 bits per heavy atom. The van der Waals surface area contributed by atoms with Crippen LogP contribution in [0, 0.1) is 0 Å². The van der Waals surface area contributed by atoms with E-state index < -0.39 is 5.92 Å². The first-order chi connectivity index (χ1) is 10.7. The number of benzene rings is 2. The van der Waals surface area contributed by atoms with Gasteiger partial charge in [-0.2, -0.15) is 0 Å². The largest absolute Gasteiger partial charge is 0.497 e. The third kappa shape index (κ3) is 2.72. The molecule has 1 aliphatic rings. The number of carbonyl (C=O) groups excluding carboxylic acids is 2. The fourth-order valence-electron chi connectivity index (χ4n) is 2.73. The van der Waals surface area contributed by atoms with Crippen molar-refractivity contribution < 1.29 is 14.3 Å². The summed E-state index contributed by atoms with van der Waals surface area (Å²) in [5.41, 5.74) is 1.78. The molecule has 1 atom stereocenters. The second-order valence-corrected chi connectivity index (χ2v) is 5.34. The van der Waals surface area contributed by atoms with Crippen LogP contribution in [0.4, 0.5) is 0 Å². The topological polar surface area (TPSA) is 46.6 Å². The van der Waals surface area contributed by atoms with Crippen LogP contribution in [-0.4, -0.2) is 23.8 Å². The Balaban J connectivity index is 1.82. The third-order valence-corrected chi connectivity index (χ3v) is 3.92. The lowest BCUT2D eigenvalue weighted by Crippen LogP contribution is -2.29. The number of carbonyl (C=O) groups is 2. The highest BCUT2D eigenvalue weighted by Gasteiger charge is 2.39. The van der Waals surface area contributed by atoms with Gasteiger partial charge in [0.1, 0.15) is 5.75 Å². The Morgan fingerprint density at radius 3 is 2.59 bits per heavy atom. The van der Waals surface area contributed by atoms with Gasteiger partial charge in [0.15, 0.2) is 0 Å². The number of methoxy groups -OCH3 is 1. The number of hydrogen-bond acceptors (Lipinski definition) is 3. The van der Waals surface area contributed by atoms with Gasteiger partial charge in [-0.3, -0.25) is 14.5 Å². The summed E-state index contributed by atoms with van der Waals surface area (Å²) in [5.74, 6) is 0.0225. The van der Waals surface area contributed by atoms with Crippen molar-refractivity contribution >= 4 is 11.8 Å². The van der Waals surface area contributed by atoms with Crippen molar-refractivity contribution in [1.29, 1.82) is 0 Å². The van der Waals surface area contributed by atoms with Gasteiger partial charge < -0.3 is 4.74 Å². The van der Waals surface area contributed by atoms with Crippen molar-refractivity contribution in [3.05, 3.63) is 65.7 Å². The van der Waals surface area contributed by atoms with E-state index in [0.717, 1.165) is 11.1 Å². The zero-order valence-corrected chi connectivity index (χ0v) is 12.4. The molecule has 1 fully saturated rings. The fraction of sp³-hybridized carbons (Fsp3) is 0.222. The molecule has 0 radical (unpaired) electrons. The van der Waals surface area contributed by atoms with Gasteiger partial charge in [-0.1, -0.05) is 42.5 Å². The molecule has 0 aromatic heterocycles. The summed E-state index contributed by atoms with van der Waals surface area (Å²) in [6.07, 6.45) is 0.221. The van der Waals surface area contributed by atoms with Gasteiger partial charge in [0.2, 0.25) is 11.8 Å². The predicted molar refractivity (Wildman–Crippen MR) is 82.4 cm³/mol. The third-order valence-electron chi connectivity index (χ3n) is 3.92. The second kappa shape index (κ2) is 6.02. The van der Waals surface area contributed by atoms with Crippen LogP contribution in [0.15, 0.2) is 54.6 Å². The minimum Gasteiger partial charge on any atom is -0.497 e. The maximum absolute atomic E-state index is 12.6. The standard InChI is InChI=1S/C18H17NO3/c1-22-15-9-5-8-14(10-15)16-11-17(20)19(18(16)21)12-13-6-3-2-4-7-13/h2-10,16H,11-12H2,1H3/t16-/m1/s1. The quantitative estimate of drug-likeness (QED) is 0.815. The predicted octanol–water partition coefficient (Wildman–Crippen LogP) is 2.74.